The van der Waals surface area contributed by atoms with E-state index in [1.54, 1.807) is 12.1 Å². The van der Waals surface area contributed by atoms with Crippen molar-refractivity contribution in [1.29, 1.82) is 0 Å². The number of halogens is 1. The lowest BCUT2D eigenvalue weighted by molar-refractivity contribution is -0.384. The summed E-state index contributed by atoms with van der Waals surface area (Å²) < 4.78 is 6.45. The van der Waals surface area contributed by atoms with E-state index < -0.39 is 10.6 Å². The van der Waals surface area contributed by atoms with Gasteiger partial charge in [-0.1, -0.05) is 41.9 Å². The zero-order valence-corrected chi connectivity index (χ0v) is 16.9. The van der Waals surface area contributed by atoms with E-state index in [0.29, 0.717) is 5.02 Å². The molecular weight excluding hydrogens is 402 g/mol. The first kappa shape index (κ1) is 18.6. The summed E-state index contributed by atoms with van der Waals surface area (Å²) in [6.45, 7) is 1.95. The van der Waals surface area contributed by atoms with Crippen molar-refractivity contribution in [3.8, 4) is 5.75 Å². The standard InChI is InChI=1S/C23H18ClN3O3/c1-23(16-8-12-18(13-9-16)27(28)29)26-21(19-4-2-3-5-22(19)30-23)14-20(25-26)15-6-10-17(24)11-7-15/h2-13,21H,14H2,1H3/t21-,23-/m0/s1. The van der Waals surface area contributed by atoms with E-state index >= 15 is 0 Å². The second-order valence-electron chi connectivity index (χ2n) is 7.54. The average Bonchev–Trinajstić information content (AvgIpc) is 3.21. The second kappa shape index (κ2) is 6.85. The molecule has 2 atom stereocenters. The number of benzene rings is 3. The highest BCUT2D eigenvalue weighted by molar-refractivity contribution is 6.30. The zero-order chi connectivity index (χ0) is 20.9. The molecule has 0 radical (unpaired) electrons. The van der Waals surface area contributed by atoms with E-state index in [4.69, 9.17) is 21.4 Å². The summed E-state index contributed by atoms with van der Waals surface area (Å²) in [5.41, 5.74) is 2.98. The lowest BCUT2D eigenvalue weighted by Crippen LogP contribution is -2.48. The molecule has 0 bridgehead atoms. The fourth-order valence-corrected chi connectivity index (χ4v) is 4.28. The van der Waals surface area contributed by atoms with E-state index in [1.165, 1.54) is 12.1 Å². The number of nitrogens with zero attached hydrogens (tertiary/aromatic N) is 3. The third-order valence-electron chi connectivity index (χ3n) is 5.73. The molecular formula is C23H18ClN3O3. The molecule has 2 aliphatic rings. The summed E-state index contributed by atoms with van der Waals surface area (Å²) in [7, 11) is 0. The Hall–Kier alpha value is -3.38. The van der Waals surface area contributed by atoms with Crippen molar-refractivity contribution in [1.82, 2.24) is 5.01 Å². The Balaban J connectivity index is 1.61. The van der Waals surface area contributed by atoms with E-state index in [1.807, 2.05) is 54.4 Å². The molecule has 0 unspecified atom stereocenters. The number of rotatable bonds is 3. The highest BCUT2D eigenvalue weighted by Crippen LogP contribution is 2.50. The molecule has 0 aromatic heterocycles. The summed E-state index contributed by atoms with van der Waals surface area (Å²) in [5, 5.41) is 18.7. The van der Waals surface area contributed by atoms with Gasteiger partial charge >= 0.3 is 0 Å². The molecule has 0 aliphatic carbocycles. The minimum atomic E-state index is -0.900. The van der Waals surface area contributed by atoms with Crippen molar-refractivity contribution in [2.75, 3.05) is 0 Å². The molecule has 2 aliphatic heterocycles. The normalized spacial score (nSPS) is 22.0. The number of fused-ring (bicyclic) bond motifs is 3. The average molecular weight is 420 g/mol. The van der Waals surface area contributed by atoms with E-state index in [2.05, 4.69) is 6.07 Å². The molecule has 0 fully saturated rings. The van der Waals surface area contributed by atoms with Crippen LogP contribution in [0.25, 0.3) is 0 Å². The molecule has 2 heterocycles. The number of para-hydroxylation sites is 1. The summed E-state index contributed by atoms with van der Waals surface area (Å²) in [5.74, 6) is 0.798. The predicted octanol–water partition coefficient (Wildman–Crippen LogP) is 5.66. The lowest BCUT2D eigenvalue weighted by Gasteiger charge is -2.45. The van der Waals surface area contributed by atoms with Crippen molar-refractivity contribution in [3.63, 3.8) is 0 Å². The molecule has 3 aromatic rings. The number of nitro benzene ring substituents is 1. The van der Waals surface area contributed by atoms with Crippen molar-refractivity contribution >= 4 is 23.0 Å². The summed E-state index contributed by atoms with van der Waals surface area (Å²) in [6.07, 6.45) is 0.727. The summed E-state index contributed by atoms with van der Waals surface area (Å²) in [4.78, 5) is 10.7. The number of hydrogen-bond donors (Lipinski definition) is 0. The van der Waals surface area contributed by atoms with E-state index in [-0.39, 0.29) is 11.7 Å². The van der Waals surface area contributed by atoms with Crippen LogP contribution < -0.4 is 4.74 Å². The van der Waals surface area contributed by atoms with Gasteiger partial charge in [0.25, 0.3) is 5.69 Å². The molecule has 7 heteroatoms. The van der Waals surface area contributed by atoms with Crippen LogP contribution in [0.4, 0.5) is 5.69 Å². The second-order valence-corrected chi connectivity index (χ2v) is 7.98. The fourth-order valence-electron chi connectivity index (χ4n) is 4.16. The van der Waals surface area contributed by atoms with Crippen LogP contribution in [0.5, 0.6) is 5.75 Å². The Morgan fingerprint density at radius 1 is 1.10 bits per heavy atom. The SMILES string of the molecule is C[C@@]1(c2ccc([N+](=O)[O-])cc2)Oc2ccccc2[C@@H]2CC(c3ccc(Cl)cc3)=NN21. The van der Waals surface area contributed by atoms with Gasteiger partial charge in [-0.05, 0) is 35.9 Å². The molecule has 30 heavy (non-hydrogen) atoms. The molecule has 0 N–H and O–H groups in total. The van der Waals surface area contributed by atoms with Gasteiger partial charge in [0.1, 0.15) is 5.75 Å². The number of hydrogen-bond acceptors (Lipinski definition) is 5. The minimum absolute atomic E-state index is 0.000759. The minimum Gasteiger partial charge on any atom is -0.462 e. The lowest BCUT2D eigenvalue weighted by atomic mass is 9.92. The molecule has 3 aromatic carbocycles. The van der Waals surface area contributed by atoms with E-state index in [0.717, 1.165) is 34.6 Å². The fraction of sp³-hybridized carbons (Fsp3) is 0.174. The summed E-state index contributed by atoms with van der Waals surface area (Å²) in [6, 6.07) is 22.1. The van der Waals surface area contributed by atoms with Crippen molar-refractivity contribution in [2.45, 2.75) is 25.1 Å². The van der Waals surface area contributed by atoms with Crippen molar-refractivity contribution in [3.05, 3.63) is 105 Å². The largest absolute Gasteiger partial charge is 0.462 e. The number of hydrazone groups is 1. The van der Waals surface area contributed by atoms with E-state index in [9.17, 15) is 10.1 Å². The van der Waals surface area contributed by atoms with Crippen molar-refractivity contribution in [2.24, 2.45) is 5.10 Å². The van der Waals surface area contributed by atoms with Crippen LogP contribution in [0, 0.1) is 10.1 Å². The molecule has 5 rings (SSSR count). The molecule has 0 saturated heterocycles. The van der Waals surface area contributed by atoms with Gasteiger partial charge in [0.2, 0.25) is 5.72 Å². The van der Waals surface area contributed by atoms with Gasteiger partial charge < -0.3 is 4.74 Å². The smallest absolute Gasteiger partial charge is 0.269 e. The number of non-ortho nitro benzene ring substituents is 1. The Kier molecular flexibility index (Phi) is 4.25. The quantitative estimate of drug-likeness (QED) is 0.405. The first-order chi connectivity index (χ1) is 14.5. The number of nitro groups is 1. The maximum atomic E-state index is 11.1. The predicted molar refractivity (Wildman–Crippen MR) is 115 cm³/mol. The molecule has 0 amide bonds. The number of ether oxygens (including phenoxy) is 1. The van der Waals surface area contributed by atoms with Crippen LogP contribution in [0.2, 0.25) is 5.02 Å². The van der Waals surface area contributed by atoms with Gasteiger partial charge in [0, 0.05) is 41.6 Å². The van der Waals surface area contributed by atoms with Crippen LogP contribution in [0.15, 0.2) is 77.9 Å². The van der Waals surface area contributed by atoms with Gasteiger partial charge in [-0.15, -0.1) is 0 Å². The molecule has 0 spiro atoms. The third kappa shape index (κ3) is 2.92. The van der Waals surface area contributed by atoms with Gasteiger partial charge in [-0.3, -0.25) is 10.1 Å². The van der Waals surface area contributed by atoms with Crippen LogP contribution >= 0.6 is 11.6 Å². The van der Waals surface area contributed by atoms with Crippen LogP contribution in [-0.2, 0) is 5.72 Å². The Morgan fingerprint density at radius 3 is 2.50 bits per heavy atom. The zero-order valence-electron chi connectivity index (χ0n) is 16.2. The first-order valence-electron chi connectivity index (χ1n) is 9.61. The van der Waals surface area contributed by atoms with Gasteiger partial charge in [0.15, 0.2) is 0 Å². The van der Waals surface area contributed by atoms with Crippen LogP contribution in [0.3, 0.4) is 0 Å². The van der Waals surface area contributed by atoms with Gasteiger partial charge in [0.05, 0.1) is 16.7 Å². The topological polar surface area (TPSA) is 68.0 Å². The van der Waals surface area contributed by atoms with Gasteiger partial charge in [-0.2, -0.15) is 5.10 Å². The maximum absolute atomic E-state index is 11.1. The first-order valence-corrected chi connectivity index (χ1v) is 9.99. The highest BCUT2D eigenvalue weighted by atomic mass is 35.5. The molecule has 6 nitrogen and oxygen atoms in total. The Morgan fingerprint density at radius 2 is 1.80 bits per heavy atom. The Labute approximate surface area is 178 Å². The van der Waals surface area contributed by atoms with Crippen LogP contribution in [-0.4, -0.2) is 15.6 Å². The molecule has 0 saturated carbocycles. The highest BCUT2D eigenvalue weighted by Gasteiger charge is 2.48. The van der Waals surface area contributed by atoms with Crippen molar-refractivity contribution < 1.29 is 9.66 Å². The third-order valence-corrected chi connectivity index (χ3v) is 5.98. The Bertz CT molecular complexity index is 1160. The van der Waals surface area contributed by atoms with Gasteiger partial charge in [-0.25, -0.2) is 5.01 Å². The monoisotopic (exact) mass is 419 g/mol. The van der Waals surface area contributed by atoms with Crippen LogP contribution in [0.1, 0.15) is 36.1 Å². The molecule has 150 valence electrons. The maximum Gasteiger partial charge on any atom is 0.269 e. The summed E-state index contributed by atoms with van der Waals surface area (Å²) >= 11 is 6.05.